The molecule has 122 valence electrons. The molecule has 1 aliphatic heterocycles. The molecule has 1 unspecified atom stereocenters. The summed E-state index contributed by atoms with van der Waals surface area (Å²) in [6, 6.07) is 29.6. The number of nitrogens with zero attached hydrogens (tertiary/aromatic N) is 2. The van der Waals surface area contributed by atoms with Crippen LogP contribution in [0.15, 0.2) is 96.6 Å². The molecule has 1 heterocycles. The van der Waals surface area contributed by atoms with Gasteiger partial charge in [0.15, 0.2) is 0 Å². The van der Waals surface area contributed by atoms with Crippen LogP contribution in [0.5, 0.6) is 0 Å². The molecule has 0 bridgehead atoms. The summed E-state index contributed by atoms with van der Waals surface area (Å²) in [5.41, 5.74) is 5.84. The molecular weight excluding hydrogens is 304 g/mol. The second-order valence-electron chi connectivity index (χ2n) is 6.18. The first-order valence-corrected chi connectivity index (χ1v) is 8.55. The van der Waals surface area contributed by atoms with Crippen LogP contribution in [0.3, 0.4) is 0 Å². The lowest BCUT2D eigenvalue weighted by Crippen LogP contribution is -2.18. The van der Waals surface area contributed by atoms with Gasteiger partial charge in [-0.2, -0.15) is 5.10 Å². The third-order valence-corrected chi connectivity index (χ3v) is 4.60. The molecule has 3 aromatic carbocycles. The highest BCUT2D eigenvalue weighted by molar-refractivity contribution is 6.03. The molecular formula is C23H20N2. The van der Waals surface area contributed by atoms with E-state index in [9.17, 15) is 0 Å². The van der Waals surface area contributed by atoms with E-state index in [1.54, 1.807) is 0 Å². The number of anilines is 1. The first kappa shape index (κ1) is 15.4. The Morgan fingerprint density at radius 1 is 0.840 bits per heavy atom. The summed E-state index contributed by atoms with van der Waals surface area (Å²) in [6.07, 6.45) is 2.77. The molecule has 0 fully saturated rings. The predicted molar refractivity (Wildman–Crippen MR) is 106 cm³/mol. The van der Waals surface area contributed by atoms with Crippen LogP contribution in [-0.2, 0) is 0 Å². The van der Waals surface area contributed by atoms with E-state index in [-0.39, 0.29) is 6.04 Å². The summed E-state index contributed by atoms with van der Waals surface area (Å²) in [6.45, 7) is 3.84. The summed E-state index contributed by atoms with van der Waals surface area (Å²) in [7, 11) is 0. The molecule has 1 atom stereocenters. The van der Waals surface area contributed by atoms with Gasteiger partial charge in [0, 0.05) is 6.42 Å². The molecule has 25 heavy (non-hydrogen) atoms. The van der Waals surface area contributed by atoms with Crippen molar-refractivity contribution in [3.05, 3.63) is 108 Å². The van der Waals surface area contributed by atoms with E-state index < -0.39 is 0 Å². The molecule has 0 radical (unpaired) electrons. The largest absolute Gasteiger partial charge is 0.257 e. The fourth-order valence-corrected chi connectivity index (χ4v) is 3.25. The van der Waals surface area contributed by atoms with Crippen LogP contribution >= 0.6 is 0 Å². The lowest BCUT2D eigenvalue weighted by atomic mass is 9.97. The number of hydrazone groups is 1. The van der Waals surface area contributed by atoms with Gasteiger partial charge >= 0.3 is 0 Å². The van der Waals surface area contributed by atoms with Gasteiger partial charge < -0.3 is 0 Å². The van der Waals surface area contributed by atoms with Gasteiger partial charge in [0.1, 0.15) is 0 Å². The fraction of sp³-hybridized carbons (Fsp3) is 0.0870. The summed E-state index contributed by atoms with van der Waals surface area (Å²) in [4.78, 5) is 0. The molecule has 0 spiro atoms. The number of para-hydroxylation sites is 1. The Labute approximate surface area is 148 Å². The highest BCUT2D eigenvalue weighted by Gasteiger charge is 2.29. The standard InChI is InChI=1S/C23H20N2/c1-2-18-13-15-20(16-14-18)23-17-22(19-9-5-3-6-10-19)24-25(23)21-11-7-4-8-12-21/h2-16,23H,1,17H2. The van der Waals surface area contributed by atoms with Crippen LogP contribution in [0.2, 0.25) is 0 Å². The van der Waals surface area contributed by atoms with Crippen LogP contribution in [0.4, 0.5) is 5.69 Å². The lowest BCUT2D eigenvalue weighted by molar-refractivity contribution is 0.709. The highest BCUT2D eigenvalue weighted by Crippen LogP contribution is 2.36. The number of benzene rings is 3. The van der Waals surface area contributed by atoms with E-state index in [4.69, 9.17) is 5.10 Å². The van der Waals surface area contributed by atoms with Crippen LogP contribution < -0.4 is 5.01 Å². The van der Waals surface area contributed by atoms with E-state index >= 15 is 0 Å². The average Bonchev–Trinajstić information content (AvgIpc) is 3.15. The Bertz CT molecular complexity index is 880. The maximum Gasteiger partial charge on any atom is 0.0831 e. The van der Waals surface area contributed by atoms with Crippen LogP contribution in [0.25, 0.3) is 6.08 Å². The summed E-state index contributed by atoms with van der Waals surface area (Å²) >= 11 is 0. The molecule has 0 saturated heterocycles. The molecule has 2 heteroatoms. The van der Waals surface area contributed by atoms with Gasteiger partial charge in [-0.05, 0) is 28.8 Å². The zero-order valence-electron chi connectivity index (χ0n) is 14.0. The molecule has 0 aliphatic carbocycles. The molecule has 3 aromatic rings. The van der Waals surface area contributed by atoms with Crippen LogP contribution in [-0.4, -0.2) is 5.71 Å². The Balaban J connectivity index is 1.73. The van der Waals surface area contributed by atoms with Gasteiger partial charge in [0.05, 0.1) is 17.4 Å². The van der Waals surface area contributed by atoms with Crippen molar-refractivity contribution in [2.24, 2.45) is 5.10 Å². The number of hydrogen-bond acceptors (Lipinski definition) is 2. The lowest BCUT2D eigenvalue weighted by Gasteiger charge is -2.24. The number of hydrogen-bond donors (Lipinski definition) is 0. The first-order valence-electron chi connectivity index (χ1n) is 8.55. The van der Waals surface area contributed by atoms with E-state index in [1.807, 2.05) is 18.2 Å². The van der Waals surface area contributed by atoms with Crippen molar-refractivity contribution in [1.82, 2.24) is 0 Å². The first-order chi connectivity index (χ1) is 12.3. The Morgan fingerprint density at radius 3 is 2.12 bits per heavy atom. The third-order valence-electron chi connectivity index (χ3n) is 4.60. The molecule has 1 aliphatic rings. The normalized spacial score (nSPS) is 16.6. The smallest absolute Gasteiger partial charge is 0.0831 e. The van der Waals surface area contributed by atoms with Crippen molar-refractivity contribution in [3.8, 4) is 0 Å². The zero-order chi connectivity index (χ0) is 17.1. The molecule has 4 rings (SSSR count). The van der Waals surface area contributed by atoms with Gasteiger partial charge in [-0.15, -0.1) is 0 Å². The van der Waals surface area contributed by atoms with Crippen LogP contribution in [0.1, 0.15) is 29.2 Å². The topological polar surface area (TPSA) is 15.6 Å². The SMILES string of the molecule is C=Cc1ccc(C2CC(c3ccccc3)=NN2c2ccccc2)cc1. The molecule has 0 amide bonds. The van der Waals surface area contributed by atoms with Gasteiger partial charge in [-0.3, -0.25) is 5.01 Å². The fourth-order valence-electron chi connectivity index (χ4n) is 3.25. The molecule has 0 saturated carbocycles. The summed E-state index contributed by atoms with van der Waals surface area (Å²) in [5, 5.41) is 7.10. The van der Waals surface area contributed by atoms with Crippen molar-refractivity contribution in [2.75, 3.05) is 5.01 Å². The second kappa shape index (κ2) is 6.78. The zero-order valence-corrected chi connectivity index (χ0v) is 14.0. The molecule has 2 nitrogen and oxygen atoms in total. The molecule has 0 aromatic heterocycles. The monoisotopic (exact) mass is 324 g/mol. The quantitative estimate of drug-likeness (QED) is 0.602. The number of rotatable bonds is 4. The van der Waals surface area contributed by atoms with Crippen molar-refractivity contribution in [2.45, 2.75) is 12.5 Å². The van der Waals surface area contributed by atoms with Crippen molar-refractivity contribution < 1.29 is 0 Å². The third kappa shape index (κ3) is 3.11. The van der Waals surface area contributed by atoms with E-state index in [2.05, 4.69) is 84.4 Å². The van der Waals surface area contributed by atoms with Gasteiger partial charge in [-0.25, -0.2) is 0 Å². The van der Waals surface area contributed by atoms with Crippen molar-refractivity contribution in [1.29, 1.82) is 0 Å². The van der Waals surface area contributed by atoms with Gasteiger partial charge in [-0.1, -0.05) is 85.5 Å². The summed E-state index contributed by atoms with van der Waals surface area (Å²) in [5.74, 6) is 0. The minimum absolute atomic E-state index is 0.205. The maximum absolute atomic E-state index is 4.96. The molecule has 0 N–H and O–H groups in total. The van der Waals surface area contributed by atoms with Gasteiger partial charge in [0.2, 0.25) is 0 Å². The Kier molecular flexibility index (Phi) is 4.17. The van der Waals surface area contributed by atoms with E-state index in [1.165, 1.54) is 11.1 Å². The Morgan fingerprint density at radius 2 is 1.48 bits per heavy atom. The summed E-state index contributed by atoms with van der Waals surface area (Å²) < 4.78 is 0. The van der Waals surface area contributed by atoms with E-state index in [0.717, 1.165) is 23.4 Å². The van der Waals surface area contributed by atoms with Crippen molar-refractivity contribution >= 4 is 17.5 Å². The van der Waals surface area contributed by atoms with Crippen LogP contribution in [0, 0.1) is 0 Å². The van der Waals surface area contributed by atoms with E-state index in [0.29, 0.717) is 0 Å². The highest BCUT2D eigenvalue weighted by atomic mass is 15.5. The van der Waals surface area contributed by atoms with Crippen molar-refractivity contribution in [3.63, 3.8) is 0 Å². The minimum atomic E-state index is 0.205. The van der Waals surface area contributed by atoms with Gasteiger partial charge in [0.25, 0.3) is 0 Å². The maximum atomic E-state index is 4.96. The average molecular weight is 324 g/mol. The second-order valence-corrected chi connectivity index (χ2v) is 6.18. The Hall–Kier alpha value is -3.13. The minimum Gasteiger partial charge on any atom is -0.257 e. The predicted octanol–water partition coefficient (Wildman–Crippen LogP) is 5.69.